The van der Waals surface area contributed by atoms with Crippen molar-refractivity contribution >= 4 is 33.2 Å². The Morgan fingerprint density at radius 2 is 1.76 bits per heavy atom. The van der Waals surface area contributed by atoms with Gasteiger partial charge in [-0.1, -0.05) is 70.0 Å². The highest BCUT2D eigenvalue weighted by Gasteiger charge is 2.51. The molecule has 3 aliphatic rings. The van der Waals surface area contributed by atoms with Crippen molar-refractivity contribution in [2.75, 3.05) is 13.1 Å². The Kier molecular flexibility index (Phi) is 5.44. The van der Waals surface area contributed by atoms with E-state index >= 15 is 0 Å². The maximum Gasteiger partial charge on any atom is 0.200 e. The second-order valence-corrected chi connectivity index (χ2v) is 10.5. The number of rotatable bonds is 3. The molecule has 6 heteroatoms. The van der Waals surface area contributed by atoms with Crippen LogP contribution in [0.2, 0.25) is 5.02 Å². The highest BCUT2D eigenvalue weighted by molar-refractivity contribution is 9.10. The van der Waals surface area contributed by atoms with Gasteiger partial charge in [-0.15, -0.1) is 0 Å². The van der Waals surface area contributed by atoms with Gasteiger partial charge in [0.2, 0.25) is 5.72 Å². The number of hydrogen-bond acceptors (Lipinski definition) is 4. The summed E-state index contributed by atoms with van der Waals surface area (Å²) in [6, 6.07) is 25.3. The zero-order valence-electron chi connectivity index (χ0n) is 18.3. The van der Waals surface area contributed by atoms with Gasteiger partial charge in [-0.25, -0.2) is 5.01 Å². The third-order valence-corrected chi connectivity index (χ3v) is 7.77. The van der Waals surface area contributed by atoms with Crippen LogP contribution in [0.15, 0.2) is 82.4 Å². The van der Waals surface area contributed by atoms with Crippen LogP contribution in [-0.4, -0.2) is 34.4 Å². The van der Waals surface area contributed by atoms with Crippen LogP contribution in [0, 0.1) is 0 Å². The van der Waals surface area contributed by atoms with Crippen LogP contribution in [0.25, 0.3) is 0 Å². The molecule has 3 aromatic rings. The van der Waals surface area contributed by atoms with Crippen LogP contribution in [0.3, 0.4) is 0 Å². The SMILES string of the molecule is Clc1ccc(C2=NN3C(C2)c2cc(Br)ccc2OC32CCN(Cc3ccccc3)CC2)cc1. The van der Waals surface area contributed by atoms with Gasteiger partial charge in [0.15, 0.2) is 0 Å². The first-order valence-corrected chi connectivity index (χ1v) is 12.6. The maximum atomic E-state index is 6.78. The number of hydrazone groups is 1. The topological polar surface area (TPSA) is 28.1 Å². The number of nitrogens with zero attached hydrogens (tertiary/aromatic N) is 3. The molecular formula is C27H25BrClN3O. The lowest BCUT2D eigenvalue weighted by molar-refractivity contribution is -0.150. The molecule has 0 bridgehead atoms. The Morgan fingerprint density at radius 3 is 2.52 bits per heavy atom. The minimum absolute atomic E-state index is 0.178. The van der Waals surface area contributed by atoms with Gasteiger partial charge in [0, 0.05) is 54.0 Å². The van der Waals surface area contributed by atoms with Gasteiger partial charge in [-0.3, -0.25) is 4.90 Å². The lowest BCUT2D eigenvalue weighted by Gasteiger charge is -2.51. The summed E-state index contributed by atoms with van der Waals surface area (Å²) in [5.41, 5.74) is 4.37. The second kappa shape index (κ2) is 8.46. The molecule has 1 saturated heterocycles. The first-order valence-electron chi connectivity index (χ1n) is 11.5. The number of piperidine rings is 1. The van der Waals surface area contributed by atoms with Gasteiger partial charge in [-0.2, -0.15) is 5.10 Å². The summed E-state index contributed by atoms with van der Waals surface area (Å²) in [6.45, 7) is 2.94. The van der Waals surface area contributed by atoms with Crippen LogP contribution in [-0.2, 0) is 6.54 Å². The van der Waals surface area contributed by atoms with Crippen molar-refractivity contribution in [3.8, 4) is 5.75 Å². The van der Waals surface area contributed by atoms with Gasteiger partial charge >= 0.3 is 0 Å². The summed E-state index contributed by atoms with van der Waals surface area (Å²) in [4.78, 5) is 2.52. The van der Waals surface area contributed by atoms with Crippen molar-refractivity contribution in [3.05, 3.63) is 99.0 Å². The van der Waals surface area contributed by atoms with Crippen molar-refractivity contribution in [1.29, 1.82) is 0 Å². The van der Waals surface area contributed by atoms with Gasteiger partial charge < -0.3 is 4.74 Å². The van der Waals surface area contributed by atoms with Crippen LogP contribution in [0.4, 0.5) is 0 Å². The number of halogens is 2. The van der Waals surface area contributed by atoms with Crippen LogP contribution in [0.1, 0.15) is 42.0 Å². The van der Waals surface area contributed by atoms with Crippen molar-refractivity contribution in [2.24, 2.45) is 5.10 Å². The van der Waals surface area contributed by atoms with Crippen LogP contribution in [0.5, 0.6) is 5.75 Å². The Hall–Kier alpha value is -2.34. The molecule has 1 fully saturated rings. The molecule has 6 rings (SSSR count). The van der Waals surface area contributed by atoms with E-state index in [0.717, 1.165) is 65.4 Å². The second-order valence-electron chi connectivity index (χ2n) is 9.11. The lowest BCUT2D eigenvalue weighted by Crippen LogP contribution is -2.59. The van der Waals surface area contributed by atoms with E-state index in [1.54, 1.807) is 0 Å². The van der Waals surface area contributed by atoms with E-state index in [9.17, 15) is 0 Å². The molecule has 0 N–H and O–H groups in total. The summed E-state index contributed by atoms with van der Waals surface area (Å²) in [7, 11) is 0. The minimum atomic E-state index is -0.410. The largest absolute Gasteiger partial charge is 0.466 e. The van der Waals surface area contributed by atoms with Gasteiger partial charge in [0.25, 0.3) is 0 Å². The van der Waals surface area contributed by atoms with E-state index in [1.165, 1.54) is 11.1 Å². The molecule has 1 spiro atoms. The maximum absolute atomic E-state index is 6.78. The molecular weight excluding hydrogens is 498 g/mol. The quantitative estimate of drug-likeness (QED) is 0.386. The van der Waals surface area contributed by atoms with Crippen molar-refractivity contribution < 1.29 is 4.74 Å². The fraction of sp³-hybridized carbons (Fsp3) is 0.296. The third-order valence-electron chi connectivity index (χ3n) is 7.02. The molecule has 0 radical (unpaired) electrons. The number of ether oxygens (including phenoxy) is 1. The van der Waals surface area contributed by atoms with E-state index in [1.807, 2.05) is 12.1 Å². The summed E-state index contributed by atoms with van der Waals surface area (Å²) in [6.07, 6.45) is 2.70. The number of likely N-dealkylation sites (tertiary alicyclic amines) is 1. The summed E-state index contributed by atoms with van der Waals surface area (Å²) < 4.78 is 7.85. The fourth-order valence-electron chi connectivity index (χ4n) is 5.30. The number of hydrogen-bond donors (Lipinski definition) is 0. The van der Waals surface area contributed by atoms with Crippen molar-refractivity contribution in [1.82, 2.24) is 9.91 Å². The lowest BCUT2D eigenvalue weighted by atomic mass is 9.90. The van der Waals surface area contributed by atoms with Gasteiger partial charge in [-0.05, 0) is 41.5 Å². The van der Waals surface area contributed by atoms with Crippen LogP contribution >= 0.6 is 27.5 Å². The molecule has 4 nitrogen and oxygen atoms in total. The van der Waals surface area contributed by atoms with Crippen molar-refractivity contribution in [3.63, 3.8) is 0 Å². The molecule has 168 valence electrons. The van der Waals surface area contributed by atoms with Gasteiger partial charge in [0.05, 0.1) is 11.8 Å². The standard InChI is InChI=1S/C27H25BrClN3O/c28-21-8-11-26-23(16-21)25-17-24(20-6-9-22(29)10-7-20)30-32(25)27(33-26)12-14-31(15-13-27)18-19-4-2-1-3-5-19/h1-11,16,25H,12-15,17-18H2. The molecule has 0 aliphatic carbocycles. The first-order chi connectivity index (χ1) is 16.1. The third kappa shape index (κ3) is 3.96. The highest BCUT2D eigenvalue weighted by atomic mass is 79.9. The Labute approximate surface area is 207 Å². The Balaban J connectivity index is 1.31. The number of benzene rings is 3. The molecule has 3 aromatic carbocycles. The van der Waals surface area contributed by atoms with E-state index in [-0.39, 0.29) is 6.04 Å². The average Bonchev–Trinajstić information content (AvgIpc) is 3.29. The molecule has 1 atom stereocenters. The van der Waals surface area contributed by atoms with E-state index in [0.29, 0.717) is 0 Å². The van der Waals surface area contributed by atoms with Crippen molar-refractivity contribution in [2.45, 2.75) is 37.6 Å². The minimum Gasteiger partial charge on any atom is -0.466 e. The zero-order chi connectivity index (χ0) is 22.4. The van der Waals surface area contributed by atoms with Crippen LogP contribution < -0.4 is 4.74 Å². The monoisotopic (exact) mass is 521 g/mol. The predicted molar refractivity (Wildman–Crippen MR) is 136 cm³/mol. The van der Waals surface area contributed by atoms with E-state index in [2.05, 4.69) is 86.5 Å². The van der Waals surface area contributed by atoms with E-state index < -0.39 is 5.72 Å². The molecule has 0 saturated carbocycles. The van der Waals surface area contributed by atoms with Gasteiger partial charge in [0.1, 0.15) is 5.75 Å². The fourth-order valence-corrected chi connectivity index (χ4v) is 5.81. The Morgan fingerprint density at radius 1 is 1.00 bits per heavy atom. The number of fused-ring (bicyclic) bond motifs is 4. The first kappa shape index (κ1) is 21.2. The molecule has 3 aliphatic heterocycles. The summed E-state index contributed by atoms with van der Waals surface area (Å²) in [5.74, 6) is 0.989. The normalized spacial score (nSPS) is 21.3. The Bertz CT molecular complexity index is 1190. The molecule has 33 heavy (non-hydrogen) atoms. The highest BCUT2D eigenvalue weighted by Crippen LogP contribution is 2.50. The smallest absolute Gasteiger partial charge is 0.200 e. The summed E-state index contributed by atoms with van der Waals surface area (Å²) >= 11 is 9.78. The molecule has 3 heterocycles. The molecule has 0 aromatic heterocycles. The van der Waals surface area contributed by atoms with E-state index in [4.69, 9.17) is 21.4 Å². The zero-order valence-corrected chi connectivity index (χ0v) is 20.6. The predicted octanol–water partition coefficient (Wildman–Crippen LogP) is 6.64. The average molecular weight is 523 g/mol. The molecule has 1 unspecified atom stereocenters. The summed E-state index contributed by atoms with van der Waals surface area (Å²) in [5, 5.41) is 8.19. The molecule has 0 amide bonds.